The van der Waals surface area contributed by atoms with Gasteiger partial charge >= 0.3 is 5.97 Å². The zero-order valence-corrected chi connectivity index (χ0v) is 10.9. The van der Waals surface area contributed by atoms with Gasteiger partial charge in [0.25, 0.3) is 0 Å². The van der Waals surface area contributed by atoms with Crippen molar-refractivity contribution in [1.29, 1.82) is 0 Å². The first-order valence-electron chi connectivity index (χ1n) is 6.22. The first kappa shape index (κ1) is 12.3. The van der Waals surface area contributed by atoms with Crippen LogP contribution in [0.1, 0.15) is 16.7 Å². The lowest BCUT2D eigenvalue weighted by atomic mass is 10.1. The first-order chi connectivity index (χ1) is 9.72. The van der Waals surface area contributed by atoms with Crippen molar-refractivity contribution in [1.82, 2.24) is 4.98 Å². The average Bonchev–Trinajstić information content (AvgIpc) is 2.81. The standard InChI is InChI=1S/C16H12N2O2/c1-11-4-2-5-12(8-11)9-14-16(19)20-15(18-14)13-6-3-7-17-10-13/h2-10H,1H3/b14-9+. The number of carbonyl (C=O) groups is 1. The van der Waals surface area contributed by atoms with Crippen LogP contribution in [0.4, 0.5) is 0 Å². The Balaban J connectivity index is 1.95. The van der Waals surface area contributed by atoms with Gasteiger partial charge in [0.05, 0.1) is 5.56 Å². The van der Waals surface area contributed by atoms with Gasteiger partial charge in [-0.25, -0.2) is 9.79 Å². The van der Waals surface area contributed by atoms with E-state index in [4.69, 9.17) is 4.74 Å². The molecule has 0 spiro atoms. The Bertz CT molecular complexity index is 718. The minimum absolute atomic E-state index is 0.294. The number of carbonyl (C=O) groups excluding carboxylic acids is 1. The van der Waals surface area contributed by atoms with Crippen LogP contribution in [0.2, 0.25) is 0 Å². The van der Waals surface area contributed by atoms with Crippen LogP contribution < -0.4 is 0 Å². The van der Waals surface area contributed by atoms with Gasteiger partial charge < -0.3 is 4.74 Å². The molecule has 0 saturated carbocycles. The molecule has 1 aromatic carbocycles. The average molecular weight is 264 g/mol. The molecule has 98 valence electrons. The third-order valence-electron chi connectivity index (χ3n) is 2.87. The number of aliphatic imine (C=N–C) groups is 1. The lowest BCUT2D eigenvalue weighted by Crippen LogP contribution is -2.05. The van der Waals surface area contributed by atoms with Gasteiger partial charge in [0, 0.05) is 12.4 Å². The third-order valence-corrected chi connectivity index (χ3v) is 2.87. The fraction of sp³-hybridized carbons (Fsp3) is 0.0625. The minimum atomic E-state index is -0.439. The molecule has 4 heteroatoms. The molecule has 2 aromatic rings. The van der Waals surface area contributed by atoms with E-state index in [1.807, 2.05) is 31.2 Å². The summed E-state index contributed by atoms with van der Waals surface area (Å²) in [6.07, 6.45) is 4.99. The Morgan fingerprint density at radius 3 is 2.85 bits per heavy atom. The lowest BCUT2D eigenvalue weighted by Gasteiger charge is -1.96. The van der Waals surface area contributed by atoms with Crippen molar-refractivity contribution in [3.63, 3.8) is 0 Å². The van der Waals surface area contributed by atoms with E-state index in [2.05, 4.69) is 9.98 Å². The molecule has 0 unspecified atom stereocenters. The molecule has 20 heavy (non-hydrogen) atoms. The number of esters is 1. The van der Waals surface area contributed by atoms with E-state index >= 15 is 0 Å². The molecule has 1 aromatic heterocycles. The number of rotatable bonds is 2. The van der Waals surface area contributed by atoms with Gasteiger partial charge in [-0.05, 0) is 30.7 Å². The van der Waals surface area contributed by atoms with Crippen molar-refractivity contribution in [3.8, 4) is 0 Å². The van der Waals surface area contributed by atoms with Gasteiger partial charge in [0.2, 0.25) is 5.90 Å². The topological polar surface area (TPSA) is 51.6 Å². The number of nitrogens with zero attached hydrogens (tertiary/aromatic N) is 2. The zero-order chi connectivity index (χ0) is 13.9. The molecule has 0 fully saturated rings. The molecule has 0 N–H and O–H groups in total. The fourth-order valence-corrected chi connectivity index (χ4v) is 1.94. The predicted octanol–water partition coefficient (Wildman–Crippen LogP) is 2.73. The number of pyridine rings is 1. The molecule has 0 atom stereocenters. The monoisotopic (exact) mass is 264 g/mol. The Morgan fingerprint density at radius 1 is 1.20 bits per heavy atom. The van der Waals surface area contributed by atoms with Crippen molar-refractivity contribution in [2.24, 2.45) is 4.99 Å². The summed E-state index contributed by atoms with van der Waals surface area (Å²) in [6.45, 7) is 2.00. The molecule has 4 nitrogen and oxygen atoms in total. The Hall–Kier alpha value is -2.75. The van der Waals surface area contributed by atoms with Crippen molar-refractivity contribution in [2.45, 2.75) is 6.92 Å². The Kier molecular flexibility index (Phi) is 3.13. The van der Waals surface area contributed by atoms with Gasteiger partial charge in [0.1, 0.15) is 0 Å². The van der Waals surface area contributed by atoms with Gasteiger partial charge in [0.15, 0.2) is 5.70 Å². The number of cyclic esters (lactones) is 1. The van der Waals surface area contributed by atoms with E-state index in [-0.39, 0.29) is 0 Å². The van der Waals surface area contributed by atoms with E-state index < -0.39 is 5.97 Å². The second-order valence-electron chi connectivity index (χ2n) is 4.49. The number of hydrogen-bond acceptors (Lipinski definition) is 4. The number of aromatic nitrogens is 1. The number of hydrogen-bond donors (Lipinski definition) is 0. The summed E-state index contributed by atoms with van der Waals surface area (Å²) in [7, 11) is 0. The smallest absolute Gasteiger partial charge is 0.363 e. The lowest BCUT2D eigenvalue weighted by molar-refractivity contribution is -0.129. The normalized spacial score (nSPS) is 16.1. The van der Waals surface area contributed by atoms with E-state index in [1.165, 1.54) is 0 Å². The molecule has 0 bridgehead atoms. The molecule has 0 radical (unpaired) electrons. The minimum Gasteiger partial charge on any atom is -0.402 e. The highest BCUT2D eigenvalue weighted by Gasteiger charge is 2.24. The van der Waals surface area contributed by atoms with Gasteiger partial charge in [-0.1, -0.05) is 29.8 Å². The number of ether oxygens (including phenoxy) is 1. The highest BCUT2D eigenvalue weighted by molar-refractivity contribution is 6.12. The molecular weight excluding hydrogens is 252 g/mol. The van der Waals surface area contributed by atoms with Crippen LogP contribution in [-0.2, 0) is 9.53 Å². The maximum atomic E-state index is 11.8. The molecule has 2 heterocycles. The SMILES string of the molecule is Cc1cccc(/C=C2/N=C(c3cccnc3)OC2=O)c1. The zero-order valence-electron chi connectivity index (χ0n) is 10.9. The van der Waals surface area contributed by atoms with Crippen LogP contribution in [0, 0.1) is 6.92 Å². The largest absolute Gasteiger partial charge is 0.402 e. The van der Waals surface area contributed by atoms with Gasteiger partial charge in [-0.3, -0.25) is 4.98 Å². The quantitative estimate of drug-likeness (QED) is 0.619. The summed E-state index contributed by atoms with van der Waals surface area (Å²) < 4.78 is 5.17. The van der Waals surface area contributed by atoms with E-state index in [0.29, 0.717) is 17.2 Å². The molecular formula is C16H12N2O2. The fourth-order valence-electron chi connectivity index (χ4n) is 1.94. The third kappa shape index (κ3) is 2.49. The number of aryl methyl sites for hydroxylation is 1. The summed E-state index contributed by atoms with van der Waals surface area (Å²) in [4.78, 5) is 20.0. The predicted molar refractivity (Wildman–Crippen MR) is 76.0 cm³/mol. The van der Waals surface area contributed by atoms with E-state index in [1.54, 1.807) is 30.6 Å². The molecule has 0 saturated heterocycles. The van der Waals surface area contributed by atoms with E-state index in [9.17, 15) is 4.79 Å². The Morgan fingerprint density at radius 2 is 2.10 bits per heavy atom. The van der Waals surface area contributed by atoms with Crippen LogP contribution >= 0.6 is 0 Å². The molecule has 1 aliphatic heterocycles. The maximum Gasteiger partial charge on any atom is 0.363 e. The van der Waals surface area contributed by atoms with Crippen molar-refractivity contribution in [2.75, 3.05) is 0 Å². The summed E-state index contributed by atoms with van der Waals surface area (Å²) in [5.41, 5.74) is 3.04. The van der Waals surface area contributed by atoms with E-state index in [0.717, 1.165) is 11.1 Å². The maximum absolute atomic E-state index is 11.8. The molecule has 0 aliphatic carbocycles. The van der Waals surface area contributed by atoms with Gasteiger partial charge in [-0.15, -0.1) is 0 Å². The first-order valence-corrected chi connectivity index (χ1v) is 6.22. The highest BCUT2D eigenvalue weighted by Crippen LogP contribution is 2.19. The van der Waals surface area contributed by atoms with Crippen LogP contribution in [0.25, 0.3) is 6.08 Å². The molecule has 3 rings (SSSR count). The molecule has 0 amide bonds. The summed E-state index contributed by atoms with van der Waals surface area (Å²) in [5, 5.41) is 0. The second kappa shape index (κ2) is 5.09. The van der Waals surface area contributed by atoms with Crippen molar-refractivity contribution >= 4 is 17.9 Å². The van der Waals surface area contributed by atoms with Crippen LogP contribution in [0.15, 0.2) is 59.5 Å². The molecule has 1 aliphatic rings. The number of benzene rings is 1. The summed E-state index contributed by atoms with van der Waals surface area (Å²) in [6, 6.07) is 11.4. The second-order valence-corrected chi connectivity index (χ2v) is 4.49. The van der Waals surface area contributed by atoms with Crippen LogP contribution in [0.5, 0.6) is 0 Å². The highest BCUT2D eigenvalue weighted by atomic mass is 16.6. The summed E-state index contributed by atoms with van der Waals surface area (Å²) >= 11 is 0. The van der Waals surface area contributed by atoms with Crippen molar-refractivity contribution in [3.05, 3.63) is 71.2 Å². The Labute approximate surface area is 116 Å². The van der Waals surface area contributed by atoms with Gasteiger partial charge in [-0.2, -0.15) is 0 Å². The van der Waals surface area contributed by atoms with Crippen LogP contribution in [0.3, 0.4) is 0 Å². The van der Waals surface area contributed by atoms with Crippen molar-refractivity contribution < 1.29 is 9.53 Å². The van der Waals surface area contributed by atoms with Crippen LogP contribution in [-0.4, -0.2) is 16.9 Å². The summed E-state index contributed by atoms with van der Waals surface area (Å²) in [5.74, 6) is -0.146.